The molecular formula is C21H19ClN2O2. The molecule has 0 aliphatic carbocycles. The minimum absolute atomic E-state index is 0.0501. The van der Waals surface area contributed by atoms with Crippen LogP contribution in [0, 0.1) is 0 Å². The van der Waals surface area contributed by atoms with Crippen molar-refractivity contribution in [3.05, 3.63) is 82.9 Å². The number of fused-ring (bicyclic) bond motifs is 1. The number of carbonyl (C=O) groups is 2. The maximum Gasteiger partial charge on any atom is 0.251 e. The number of rotatable bonds is 5. The van der Waals surface area contributed by atoms with Gasteiger partial charge in [-0.1, -0.05) is 48.0 Å². The summed E-state index contributed by atoms with van der Waals surface area (Å²) in [5.41, 5.74) is 1.52. The topological polar surface area (TPSA) is 49.4 Å². The predicted octanol–water partition coefficient (Wildman–Crippen LogP) is 3.88. The molecule has 0 aliphatic heterocycles. The molecule has 0 radical (unpaired) electrons. The summed E-state index contributed by atoms with van der Waals surface area (Å²) in [6.07, 6.45) is 0. The molecule has 26 heavy (non-hydrogen) atoms. The zero-order valence-corrected chi connectivity index (χ0v) is 15.2. The van der Waals surface area contributed by atoms with E-state index in [4.69, 9.17) is 11.6 Å². The van der Waals surface area contributed by atoms with E-state index in [0.717, 1.165) is 10.9 Å². The third-order valence-corrected chi connectivity index (χ3v) is 4.42. The standard InChI is InChI=1S/C21H19ClN2O2/c1-24(14-15-6-7-16-4-2-3-5-18(16)12-15)20(25)13-23-21(26)17-8-10-19(22)11-9-17/h2-12H,13-14H2,1H3,(H,23,26). The van der Waals surface area contributed by atoms with E-state index >= 15 is 0 Å². The molecule has 2 amide bonds. The fourth-order valence-corrected chi connectivity index (χ4v) is 2.82. The summed E-state index contributed by atoms with van der Waals surface area (Å²) in [5.74, 6) is -0.449. The van der Waals surface area contributed by atoms with E-state index in [2.05, 4.69) is 17.4 Å². The Bertz CT molecular complexity index is 938. The van der Waals surface area contributed by atoms with Crippen LogP contribution < -0.4 is 5.32 Å². The molecule has 5 heteroatoms. The van der Waals surface area contributed by atoms with Gasteiger partial charge in [-0.3, -0.25) is 9.59 Å². The van der Waals surface area contributed by atoms with Gasteiger partial charge in [0.15, 0.2) is 0 Å². The van der Waals surface area contributed by atoms with Crippen molar-refractivity contribution in [1.82, 2.24) is 10.2 Å². The number of halogens is 1. The van der Waals surface area contributed by atoms with Gasteiger partial charge in [0.05, 0.1) is 6.54 Å². The molecule has 3 rings (SSSR count). The average molecular weight is 367 g/mol. The number of hydrogen-bond acceptors (Lipinski definition) is 2. The summed E-state index contributed by atoms with van der Waals surface area (Å²) in [5, 5.41) is 5.51. The lowest BCUT2D eigenvalue weighted by molar-refractivity contribution is -0.129. The summed E-state index contributed by atoms with van der Waals surface area (Å²) in [7, 11) is 1.73. The molecule has 0 heterocycles. The minimum Gasteiger partial charge on any atom is -0.343 e. The van der Waals surface area contributed by atoms with Crippen LogP contribution in [0.3, 0.4) is 0 Å². The molecule has 0 bridgehead atoms. The Kier molecular flexibility index (Phi) is 5.54. The normalized spacial score (nSPS) is 10.5. The Labute approximate surface area is 157 Å². The first kappa shape index (κ1) is 18.0. The van der Waals surface area contributed by atoms with Crippen LogP contribution in [0.4, 0.5) is 0 Å². The molecule has 0 unspecified atom stereocenters. The Morgan fingerprint density at radius 1 is 0.962 bits per heavy atom. The van der Waals surface area contributed by atoms with Crippen molar-refractivity contribution < 1.29 is 9.59 Å². The number of likely N-dealkylation sites (N-methyl/N-ethyl adjacent to an activating group) is 1. The summed E-state index contributed by atoms with van der Waals surface area (Å²) < 4.78 is 0. The van der Waals surface area contributed by atoms with Gasteiger partial charge >= 0.3 is 0 Å². The third-order valence-electron chi connectivity index (χ3n) is 4.17. The molecule has 0 spiro atoms. The van der Waals surface area contributed by atoms with Crippen LogP contribution in [-0.4, -0.2) is 30.3 Å². The van der Waals surface area contributed by atoms with E-state index in [1.807, 2.05) is 30.3 Å². The number of nitrogens with zero attached hydrogens (tertiary/aromatic N) is 1. The Morgan fingerprint density at radius 3 is 2.38 bits per heavy atom. The average Bonchev–Trinajstić information content (AvgIpc) is 2.66. The fourth-order valence-electron chi connectivity index (χ4n) is 2.69. The van der Waals surface area contributed by atoms with Gasteiger partial charge in [-0.15, -0.1) is 0 Å². The van der Waals surface area contributed by atoms with Crippen LogP contribution in [0.1, 0.15) is 15.9 Å². The molecule has 0 saturated carbocycles. The maximum atomic E-state index is 12.3. The largest absolute Gasteiger partial charge is 0.343 e. The van der Waals surface area contributed by atoms with Crippen LogP contribution in [0.15, 0.2) is 66.7 Å². The Hall–Kier alpha value is -2.85. The van der Waals surface area contributed by atoms with Gasteiger partial charge in [-0.2, -0.15) is 0 Å². The minimum atomic E-state index is -0.297. The van der Waals surface area contributed by atoms with E-state index in [0.29, 0.717) is 17.1 Å². The van der Waals surface area contributed by atoms with Gasteiger partial charge in [-0.05, 0) is 46.7 Å². The molecule has 3 aromatic rings. The smallest absolute Gasteiger partial charge is 0.251 e. The summed E-state index contributed by atoms with van der Waals surface area (Å²) >= 11 is 5.81. The van der Waals surface area contributed by atoms with Crippen LogP contribution >= 0.6 is 11.6 Å². The van der Waals surface area contributed by atoms with Gasteiger partial charge in [0, 0.05) is 24.2 Å². The summed E-state index contributed by atoms with van der Waals surface area (Å²) in [6, 6.07) is 20.8. The second-order valence-electron chi connectivity index (χ2n) is 6.12. The first-order chi connectivity index (χ1) is 12.5. The first-order valence-corrected chi connectivity index (χ1v) is 8.66. The van der Waals surface area contributed by atoms with Crippen LogP contribution in [-0.2, 0) is 11.3 Å². The Balaban J connectivity index is 1.56. The van der Waals surface area contributed by atoms with E-state index in [9.17, 15) is 9.59 Å². The third kappa shape index (κ3) is 4.41. The zero-order chi connectivity index (χ0) is 18.5. The zero-order valence-electron chi connectivity index (χ0n) is 14.4. The van der Waals surface area contributed by atoms with Crippen LogP contribution in [0.25, 0.3) is 10.8 Å². The SMILES string of the molecule is CN(Cc1ccc2ccccc2c1)C(=O)CNC(=O)c1ccc(Cl)cc1. The highest BCUT2D eigenvalue weighted by Crippen LogP contribution is 2.16. The van der Waals surface area contributed by atoms with E-state index in [1.54, 1.807) is 36.2 Å². The van der Waals surface area contributed by atoms with E-state index in [1.165, 1.54) is 5.39 Å². The quantitative estimate of drug-likeness (QED) is 0.745. The monoisotopic (exact) mass is 366 g/mol. The number of amides is 2. The summed E-state index contributed by atoms with van der Waals surface area (Å²) in [4.78, 5) is 26.0. The molecule has 1 N–H and O–H groups in total. The Morgan fingerprint density at radius 2 is 1.65 bits per heavy atom. The number of hydrogen-bond donors (Lipinski definition) is 1. The van der Waals surface area contributed by atoms with Gasteiger partial charge in [-0.25, -0.2) is 0 Å². The van der Waals surface area contributed by atoms with Crippen molar-refractivity contribution in [2.75, 3.05) is 13.6 Å². The van der Waals surface area contributed by atoms with Gasteiger partial charge < -0.3 is 10.2 Å². The van der Waals surface area contributed by atoms with Gasteiger partial charge in [0.25, 0.3) is 5.91 Å². The molecule has 0 aliphatic rings. The molecular weight excluding hydrogens is 348 g/mol. The highest BCUT2D eigenvalue weighted by Gasteiger charge is 2.12. The highest BCUT2D eigenvalue weighted by molar-refractivity contribution is 6.30. The second kappa shape index (κ2) is 8.02. The lowest BCUT2D eigenvalue weighted by Crippen LogP contribution is -2.37. The van der Waals surface area contributed by atoms with Crippen molar-refractivity contribution in [3.8, 4) is 0 Å². The van der Waals surface area contributed by atoms with Gasteiger partial charge in [0.1, 0.15) is 0 Å². The molecule has 0 aromatic heterocycles. The van der Waals surface area contributed by atoms with Crippen molar-refractivity contribution >= 4 is 34.2 Å². The van der Waals surface area contributed by atoms with Crippen LogP contribution in [0.5, 0.6) is 0 Å². The van der Waals surface area contributed by atoms with Crippen molar-refractivity contribution in [3.63, 3.8) is 0 Å². The molecule has 0 saturated heterocycles. The lowest BCUT2D eigenvalue weighted by atomic mass is 10.1. The van der Waals surface area contributed by atoms with Crippen molar-refractivity contribution in [2.45, 2.75) is 6.54 Å². The van der Waals surface area contributed by atoms with Gasteiger partial charge in [0.2, 0.25) is 5.91 Å². The van der Waals surface area contributed by atoms with Crippen molar-refractivity contribution in [2.24, 2.45) is 0 Å². The predicted molar refractivity (Wildman–Crippen MR) is 104 cm³/mol. The molecule has 0 fully saturated rings. The summed E-state index contributed by atoms with van der Waals surface area (Å²) in [6.45, 7) is 0.437. The first-order valence-electron chi connectivity index (χ1n) is 8.28. The maximum absolute atomic E-state index is 12.3. The second-order valence-corrected chi connectivity index (χ2v) is 6.56. The number of benzene rings is 3. The lowest BCUT2D eigenvalue weighted by Gasteiger charge is -2.18. The molecule has 132 valence electrons. The molecule has 3 aromatic carbocycles. The molecule has 0 atom stereocenters. The number of carbonyl (C=O) groups excluding carboxylic acids is 2. The van der Waals surface area contributed by atoms with Crippen molar-refractivity contribution in [1.29, 1.82) is 0 Å². The van der Waals surface area contributed by atoms with E-state index in [-0.39, 0.29) is 18.4 Å². The highest BCUT2D eigenvalue weighted by atomic mass is 35.5. The molecule has 4 nitrogen and oxygen atoms in total. The number of nitrogens with one attached hydrogen (secondary N) is 1. The van der Waals surface area contributed by atoms with E-state index < -0.39 is 0 Å². The fraction of sp³-hybridized carbons (Fsp3) is 0.143. The van der Waals surface area contributed by atoms with Crippen LogP contribution in [0.2, 0.25) is 5.02 Å².